The summed E-state index contributed by atoms with van der Waals surface area (Å²) in [5.41, 5.74) is -1.04. The molecule has 2 heterocycles. The Morgan fingerprint density at radius 3 is 2.60 bits per heavy atom. The number of halogens is 1. The second-order valence-corrected chi connectivity index (χ2v) is 15.3. The summed E-state index contributed by atoms with van der Waals surface area (Å²) in [6.07, 6.45) is -0.700. The first-order valence-electron chi connectivity index (χ1n) is 11.3. The van der Waals surface area contributed by atoms with E-state index in [4.69, 9.17) is 28.5 Å². The van der Waals surface area contributed by atoms with Crippen molar-refractivity contribution in [3.8, 4) is 0 Å². The highest BCUT2D eigenvalue weighted by Gasteiger charge is 2.39. The number of nitrogens with zero attached hydrogens (tertiary/aromatic N) is 2. The summed E-state index contributed by atoms with van der Waals surface area (Å²) < 4.78 is 42.7. The summed E-state index contributed by atoms with van der Waals surface area (Å²) in [6.45, 7) is 11.8. The van der Waals surface area contributed by atoms with Crippen LogP contribution < -0.4 is 11.0 Å². The van der Waals surface area contributed by atoms with Gasteiger partial charge in [-0.05, 0) is 18.1 Å². The number of aromatic nitrogens is 2. The number of rotatable bonds is 13. The third-order valence-corrected chi connectivity index (χ3v) is 11.2. The van der Waals surface area contributed by atoms with Gasteiger partial charge in [0.25, 0.3) is 0 Å². The molecule has 1 saturated heterocycles. The van der Waals surface area contributed by atoms with Crippen LogP contribution >= 0.6 is 11.8 Å². The third-order valence-electron chi connectivity index (χ3n) is 5.63. The van der Waals surface area contributed by atoms with Crippen LogP contribution in [0.25, 0.3) is 0 Å². The average molecular weight is 538 g/mol. The summed E-state index contributed by atoms with van der Waals surface area (Å²) in [4.78, 5) is 27.9. The Bertz CT molecular complexity index is 883. The molecule has 0 bridgehead atoms. The molecule has 11 nitrogen and oxygen atoms in total. The van der Waals surface area contributed by atoms with E-state index in [1.165, 1.54) is 11.8 Å². The molecule has 200 valence electrons. The summed E-state index contributed by atoms with van der Waals surface area (Å²) in [5.74, 6) is -0.988. The average Bonchev–Trinajstić information content (AvgIpc) is 3.24. The van der Waals surface area contributed by atoms with E-state index in [2.05, 4.69) is 44.2 Å². The lowest BCUT2D eigenvalue weighted by molar-refractivity contribution is -0.00460. The monoisotopic (exact) mass is 537 g/mol. The van der Waals surface area contributed by atoms with Gasteiger partial charge in [0.05, 0.1) is 45.8 Å². The Balaban J connectivity index is 1.81. The Labute approximate surface area is 209 Å². The van der Waals surface area contributed by atoms with Gasteiger partial charge in [0.1, 0.15) is 18.3 Å². The smallest absolute Gasteiger partial charge is 0.412 e. The van der Waals surface area contributed by atoms with Gasteiger partial charge in [-0.1, -0.05) is 20.8 Å². The quantitative estimate of drug-likeness (QED) is 0.286. The molecule has 1 amide bonds. The van der Waals surface area contributed by atoms with Crippen LogP contribution in [0.5, 0.6) is 0 Å². The molecule has 35 heavy (non-hydrogen) atoms. The first-order chi connectivity index (χ1) is 16.4. The summed E-state index contributed by atoms with van der Waals surface area (Å²) in [6, 6.07) is 0. The van der Waals surface area contributed by atoms with E-state index in [1.807, 2.05) is 0 Å². The van der Waals surface area contributed by atoms with Crippen molar-refractivity contribution in [1.29, 1.82) is 0 Å². The second kappa shape index (κ2) is 13.7. The van der Waals surface area contributed by atoms with Crippen LogP contribution in [-0.4, -0.2) is 86.5 Å². The Kier molecular flexibility index (Phi) is 11.6. The fraction of sp³-hybridized carbons (Fsp3) is 0.762. The molecule has 2 rings (SSSR count). The van der Waals surface area contributed by atoms with E-state index in [9.17, 15) is 14.0 Å². The molecule has 0 radical (unpaired) electrons. The first kappa shape index (κ1) is 29.7. The zero-order valence-corrected chi connectivity index (χ0v) is 22.7. The highest BCUT2D eigenvalue weighted by molar-refractivity contribution is 8.00. The van der Waals surface area contributed by atoms with Crippen molar-refractivity contribution in [1.82, 2.24) is 9.55 Å². The van der Waals surface area contributed by atoms with Crippen LogP contribution in [0.1, 0.15) is 27.0 Å². The molecule has 0 unspecified atom stereocenters. The lowest BCUT2D eigenvalue weighted by Gasteiger charge is -2.36. The minimum absolute atomic E-state index is 0.0618. The van der Waals surface area contributed by atoms with Crippen molar-refractivity contribution in [2.45, 2.75) is 50.6 Å². The number of hydrogen-bond donors (Lipinski definition) is 2. The van der Waals surface area contributed by atoms with Crippen molar-refractivity contribution in [2.75, 3.05) is 57.3 Å². The van der Waals surface area contributed by atoms with Crippen molar-refractivity contribution >= 4 is 32.0 Å². The summed E-state index contributed by atoms with van der Waals surface area (Å²) in [7, 11) is -1.95. The number of amides is 1. The van der Waals surface area contributed by atoms with Gasteiger partial charge < -0.3 is 28.5 Å². The lowest BCUT2D eigenvalue weighted by Crippen LogP contribution is -2.42. The Morgan fingerprint density at radius 1 is 1.29 bits per heavy atom. The number of nitrogens with one attached hydrogen (secondary N) is 1. The number of carbonyl (C=O) groups is 1. The van der Waals surface area contributed by atoms with Crippen LogP contribution in [0.15, 0.2) is 11.0 Å². The van der Waals surface area contributed by atoms with E-state index in [-0.39, 0.29) is 43.5 Å². The highest BCUT2D eigenvalue weighted by atomic mass is 32.2. The maximum atomic E-state index is 14.5. The molecule has 1 aliphatic rings. The number of aliphatic hydroxyl groups is 1. The molecule has 1 fully saturated rings. The number of hydrogen-bond acceptors (Lipinski definition) is 10. The van der Waals surface area contributed by atoms with Crippen LogP contribution in [0.2, 0.25) is 18.1 Å². The van der Waals surface area contributed by atoms with Gasteiger partial charge in [-0.2, -0.15) is 4.98 Å². The maximum Gasteiger partial charge on any atom is 0.412 e. The van der Waals surface area contributed by atoms with Gasteiger partial charge in [-0.25, -0.2) is 14.0 Å². The molecule has 1 aromatic rings. The van der Waals surface area contributed by atoms with Crippen LogP contribution in [-0.2, 0) is 23.4 Å². The van der Waals surface area contributed by atoms with Crippen LogP contribution in [0.3, 0.4) is 0 Å². The van der Waals surface area contributed by atoms with Gasteiger partial charge in [0.2, 0.25) is 0 Å². The Morgan fingerprint density at radius 2 is 1.94 bits per heavy atom. The first-order valence-corrected chi connectivity index (χ1v) is 15.3. The fourth-order valence-corrected chi connectivity index (χ4v) is 4.73. The molecule has 1 aliphatic heterocycles. The zero-order valence-electron chi connectivity index (χ0n) is 20.9. The second-order valence-electron chi connectivity index (χ2n) is 9.26. The molecule has 14 heteroatoms. The van der Waals surface area contributed by atoms with Crippen molar-refractivity contribution in [2.24, 2.45) is 0 Å². The van der Waals surface area contributed by atoms with Crippen molar-refractivity contribution < 1.29 is 37.7 Å². The number of thioether (sulfide) groups is 1. The van der Waals surface area contributed by atoms with Crippen LogP contribution in [0, 0.1) is 5.82 Å². The third kappa shape index (κ3) is 9.44. The number of ether oxygens (including phenoxy) is 4. The predicted octanol–water partition coefficient (Wildman–Crippen LogP) is 2.57. The topological polar surface area (TPSA) is 130 Å². The molecule has 2 atom stereocenters. The molecular formula is C21H36FN3O8SSi. The number of anilines is 1. The van der Waals surface area contributed by atoms with Gasteiger partial charge in [0.15, 0.2) is 20.0 Å². The normalized spacial score (nSPS) is 18.6. The Hall–Kier alpha value is -1.55. The minimum Gasteiger partial charge on any atom is -0.447 e. The van der Waals surface area contributed by atoms with Crippen molar-refractivity contribution in [3.63, 3.8) is 0 Å². The van der Waals surface area contributed by atoms with Gasteiger partial charge >= 0.3 is 11.8 Å². The zero-order chi connectivity index (χ0) is 26.1. The largest absolute Gasteiger partial charge is 0.447 e. The standard InChI is InChI=1S/C21H36FN3O8SSi/c1-21(2,3)35(4,5)32-13-17-33-16(14-34-17)25-12-15(22)18(23-19(25)27)24-20(28)31-11-10-30-9-8-29-7-6-26/h12,16-17,26H,6-11,13-14H2,1-5H3,(H,23,24,27,28)/t16-,17+/m0/s1. The SMILES string of the molecule is CC(C)(C)[Si](C)(C)OC[C@@H]1O[C@H](n2cc(F)c(NC(=O)OCCOCCOCCO)nc2=O)CS1. The summed E-state index contributed by atoms with van der Waals surface area (Å²) >= 11 is 1.49. The highest BCUT2D eigenvalue weighted by Crippen LogP contribution is 2.38. The van der Waals surface area contributed by atoms with Gasteiger partial charge in [0, 0.05) is 5.75 Å². The van der Waals surface area contributed by atoms with Crippen molar-refractivity contribution in [3.05, 3.63) is 22.5 Å². The molecule has 0 aliphatic carbocycles. The molecule has 1 aromatic heterocycles. The van der Waals surface area contributed by atoms with Crippen LogP contribution in [0.4, 0.5) is 15.0 Å². The molecule has 0 aromatic carbocycles. The maximum absolute atomic E-state index is 14.5. The van der Waals surface area contributed by atoms with E-state index in [0.717, 1.165) is 10.8 Å². The van der Waals surface area contributed by atoms with E-state index in [1.54, 1.807) is 0 Å². The lowest BCUT2D eigenvalue weighted by atomic mass is 10.2. The molecule has 0 spiro atoms. The fourth-order valence-electron chi connectivity index (χ4n) is 2.62. The van der Waals surface area contributed by atoms with E-state index in [0.29, 0.717) is 19.0 Å². The molecular weight excluding hydrogens is 501 g/mol. The van der Waals surface area contributed by atoms with E-state index >= 15 is 0 Å². The minimum atomic E-state index is -1.95. The molecule has 2 N–H and O–H groups in total. The predicted molar refractivity (Wildman–Crippen MR) is 132 cm³/mol. The van der Waals surface area contributed by atoms with Gasteiger partial charge in [-0.3, -0.25) is 9.88 Å². The van der Waals surface area contributed by atoms with Gasteiger partial charge in [-0.15, -0.1) is 11.8 Å². The summed E-state index contributed by atoms with van der Waals surface area (Å²) in [5, 5.41) is 10.8. The van der Waals surface area contributed by atoms with E-state index < -0.39 is 38.0 Å². The molecule has 0 saturated carbocycles. The number of aliphatic hydroxyl groups excluding tert-OH is 1. The number of carbonyl (C=O) groups excluding carboxylic acids is 1.